The number of carbonyl (C=O) groups is 1. The summed E-state index contributed by atoms with van der Waals surface area (Å²) in [5.41, 5.74) is 1.80. The van der Waals surface area contributed by atoms with E-state index >= 15 is 0 Å². The number of thiophene rings is 1. The van der Waals surface area contributed by atoms with E-state index in [1.807, 2.05) is 42.6 Å². The van der Waals surface area contributed by atoms with Crippen molar-refractivity contribution in [2.45, 2.75) is 19.5 Å². The molecule has 0 saturated carbocycles. The molecule has 2 aromatic rings. The lowest BCUT2D eigenvalue weighted by Gasteiger charge is -2.15. The number of carboxylic acids is 1. The maximum absolute atomic E-state index is 11.4. The van der Waals surface area contributed by atoms with Crippen molar-refractivity contribution in [2.24, 2.45) is 0 Å². The Hall–Kier alpha value is -1.17. The summed E-state index contributed by atoms with van der Waals surface area (Å²) < 4.78 is 0.985. The van der Waals surface area contributed by atoms with E-state index < -0.39 is 12.0 Å². The van der Waals surface area contributed by atoms with Crippen molar-refractivity contribution in [1.29, 1.82) is 0 Å². The molecular formula is C14H14BrNO2S. The number of halogens is 1. The van der Waals surface area contributed by atoms with Crippen molar-refractivity contribution in [3.8, 4) is 0 Å². The van der Waals surface area contributed by atoms with Crippen molar-refractivity contribution >= 4 is 33.2 Å². The maximum atomic E-state index is 11.4. The number of hydrogen-bond acceptors (Lipinski definition) is 3. The van der Waals surface area contributed by atoms with Crippen LogP contribution in [0.15, 0.2) is 40.2 Å². The first-order valence-corrected chi connectivity index (χ1v) is 7.50. The van der Waals surface area contributed by atoms with Gasteiger partial charge >= 0.3 is 5.97 Å². The molecule has 0 amide bonds. The molecular weight excluding hydrogens is 326 g/mol. The van der Waals surface area contributed by atoms with Gasteiger partial charge in [0.15, 0.2) is 0 Å². The predicted molar refractivity (Wildman–Crippen MR) is 80.4 cm³/mol. The lowest BCUT2D eigenvalue weighted by Crippen LogP contribution is -2.27. The van der Waals surface area contributed by atoms with Gasteiger partial charge in [-0.2, -0.15) is 0 Å². The van der Waals surface area contributed by atoms with E-state index in [0.29, 0.717) is 6.54 Å². The second kappa shape index (κ2) is 6.32. The van der Waals surface area contributed by atoms with Crippen LogP contribution in [0.5, 0.6) is 0 Å². The average molecular weight is 340 g/mol. The number of benzene rings is 1. The van der Waals surface area contributed by atoms with Crippen LogP contribution in [0.25, 0.3) is 0 Å². The summed E-state index contributed by atoms with van der Waals surface area (Å²) in [5, 5.41) is 14.4. The minimum absolute atomic E-state index is 0.559. The first-order valence-electron chi connectivity index (χ1n) is 5.82. The van der Waals surface area contributed by atoms with Crippen LogP contribution in [-0.2, 0) is 11.3 Å². The second-order valence-corrected chi connectivity index (χ2v) is 6.13. The van der Waals surface area contributed by atoms with Crippen molar-refractivity contribution in [3.63, 3.8) is 0 Å². The van der Waals surface area contributed by atoms with Crippen LogP contribution in [0.1, 0.15) is 22.0 Å². The molecule has 100 valence electrons. The van der Waals surface area contributed by atoms with Gasteiger partial charge in [0, 0.05) is 15.9 Å². The van der Waals surface area contributed by atoms with E-state index in [9.17, 15) is 9.90 Å². The number of carboxylic acid groups (broad SMARTS) is 1. The Morgan fingerprint density at radius 1 is 1.47 bits per heavy atom. The first-order chi connectivity index (χ1) is 9.08. The zero-order valence-corrected chi connectivity index (χ0v) is 12.8. The largest absolute Gasteiger partial charge is 0.480 e. The number of aliphatic carboxylic acids is 1. The van der Waals surface area contributed by atoms with Gasteiger partial charge in [-0.3, -0.25) is 10.1 Å². The van der Waals surface area contributed by atoms with Gasteiger partial charge < -0.3 is 5.11 Å². The Bertz CT molecular complexity index is 569. The van der Waals surface area contributed by atoms with E-state index in [1.165, 1.54) is 0 Å². The molecule has 1 heterocycles. The molecule has 2 N–H and O–H groups in total. The van der Waals surface area contributed by atoms with Gasteiger partial charge in [0.25, 0.3) is 0 Å². The van der Waals surface area contributed by atoms with Crippen LogP contribution < -0.4 is 5.32 Å². The molecule has 0 aliphatic carbocycles. The molecule has 1 unspecified atom stereocenters. The Labute approximate surface area is 124 Å². The summed E-state index contributed by atoms with van der Waals surface area (Å²) in [6, 6.07) is 8.87. The number of nitrogens with one attached hydrogen (secondary N) is 1. The molecule has 0 bridgehead atoms. The van der Waals surface area contributed by atoms with Crippen LogP contribution in [0, 0.1) is 6.92 Å². The number of aryl methyl sites for hydroxylation is 1. The standard InChI is InChI=1S/C14H14BrNO2S/c1-9-7-10(4-5-12(9)15)13(14(17)18)16-8-11-3-2-6-19-11/h2-7,13,16H,8H2,1H3,(H,17,18). The maximum Gasteiger partial charge on any atom is 0.325 e. The SMILES string of the molecule is Cc1cc(C(NCc2cccs2)C(=O)O)ccc1Br. The molecule has 0 saturated heterocycles. The highest BCUT2D eigenvalue weighted by Gasteiger charge is 2.19. The number of rotatable bonds is 5. The quantitative estimate of drug-likeness (QED) is 0.872. The Kier molecular flexibility index (Phi) is 4.74. The summed E-state index contributed by atoms with van der Waals surface area (Å²) in [5.74, 6) is -0.863. The summed E-state index contributed by atoms with van der Waals surface area (Å²) in [4.78, 5) is 12.5. The van der Waals surface area contributed by atoms with Crippen LogP contribution in [0.4, 0.5) is 0 Å². The fraction of sp³-hybridized carbons (Fsp3) is 0.214. The Morgan fingerprint density at radius 2 is 2.26 bits per heavy atom. The van der Waals surface area contributed by atoms with Crippen LogP contribution in [-0.4, -0.2) is 11.1 Å². The van der Waals surface area contributed by atoms with Gasteiger partial charge in [0.05, 0.1) is 0 Å². The zero-order valence-electron chi connectivity index (χ0n) is 10.4. The van der Waals surface area contributed by atoms with Crippen LogP contribution in [0.3, 0.4) is 0 Å². The molecule has 1 aromatic heterocycles. The van der Waals surface area contributed by atoms with Crippen LogP contribution in [0.2, 0.25) is 0 Å². The summed E-state index contributed by atoms with van der Waals surface area (Å²) in [6.45, 7) is 2.51. The molecule has 2 rings (SSSR count). The van der Waals surface area contributed by atoms with E-state index in [2.05, 4.69) is 21.2 Å². The molecule has 3 nitrogen and oxygen atoms in total. The third kappa shape index (κ3) is 3.65. The Morgan fingerprint density at radius 3 is 2.84 bits per heavy atom. The molecule has 1 atom stereocenters. The topological polar surface area (TPSA) is 49.3 Å². The van der Waals surface area contributed by atoms with Crippen molar-refractivity contribution in [3.05, 3.63) is 56.2 Å². The Balaban J connectivity index is 2.15. The normalized spacial score (nSPS) is 12.3. The van der Waals surface area contributed by atoms with E-state index in [1.54, 1.807) is 11.3 Å². The molecule has 0 spiro atoms. The number of hydrogen-bond donors (Lipinski definition) is 2. The van der Waals surface area contributed by atoms with Crippen molar-refractivity contribution < 1.29 is 9.90 Å². The molecule has 5 heteroatoms. The fourth-order valence-electron chi connectivity index (χ4n) is 1.81. The lowest BCUT2D eigenvalue weighted by atomic mass is 10.0. The summed E-state index contributed by atoms with van der Waals surface area (Å²) in [6.07, 6.45) is 0. The van der Waals surface area contributed by atoms with Crippen LogP contribution >= 0.6 is 27.3 Å². The van der Waals surface area contributed by atoms with Gasteiger partial charge in [-0.15, -0.1) is 11.3 Å². The first kappa shape index (κ1) is 14.2. The fourth-order valence-corrected chi connectivity index (χ4v) is 2.71. The van der Waals surface area contributed by atoms with Gasteiger partial charge in [-0.25, -0.2) is 0 Å². The van der Waals surface area contributed by atoms with Gasteiger partial charge in [-0.05, 0) is 35.6 Å². The van der Waals surface area contributed by atoms with Gasteiger partial charge in [0.2, 0.25) is 0 Å². The van der Waals surface area contributed by atoms with Gasteiger partial charge in [0.1, 0.15) is 6.04 Å². The molecule has 19 heavy (non-hydrogen) atoms. The molecule has 0 aliphatic rings. The molecule has 1 aromatic carbocycles. The van der Waals surface area contributed by atoms with Crippen molar-refractivity contribution in [2.75, 3.05) is 0 Å². The summed E-state index contributed by atoms with van der Waals surface area (Å²) in [7, 11) is 0. The molecule has 0 radical (unpaired) electrons. The zero-order chi connectivity index (χ0) is 13.8. The highest BCUT2D eigenvalue weighted by molar-refractivity contribution is 9.10. The third-order valence-corrected chi connectivity index (χ3v) is 4.59. The smallest absolute Gasteiger partial charge is 0.325 e. The summed E-state index contributed by atoms with van der Waals surface area (Å²) >= 11 is 5.03. The highest BCUT2D eigenvalue weighted by Crippen LogP contribution is 2.22. The van der Waals surface area contributed by atoms with Crippen molar-refractivity contribution in [1.82, 2.24) is 5.32 Å². The monoisotopic (exact) mass is 339 g/mol. The lowest BCUT2D eigenvalue weighted by molar-refractivity contribution is -0.139. The second-order valence-electron chi connectivity index (χ2n) is 4.24. The van der Waals surface area contributed by atoms with E-state index in [0.717, 1.165) is 20.5 Å². The van der Waals surface area contributed by atoms with E-state index in [4.69, 9.17) is 0 Å². The van der Waals surface area contributed by atoms with E-state index in [-0.39, 0.29) is 0 Å². The third-order valence-electron chi connectivity index (χ3n) is 2.82. The highest BCUT2D eigenvalue weighted by atomic mass is 79.9. The molecule has 0 fully saturated rings. The average Bonchev–Trinajstić information content (AvgIpc) is 2.86. The minimum atomic E-state index is -0.863. The predicted octanol–water partition coefficient (Wildman–Crippen LogP) is 3.73. The van der Waals surface area contributed by atoms with Gasteiger partial charge in [-0.1, -0.05) is 34.1 Å². The molecule has 0 aliphatic heterocycles. The minimum Gasteiger partial charge on any atom is -0.480 e.